The van der Waals surface area contributed by atoms with Crippen molar-refractivity contribution in [2.24, 2.45) is 0 Å². The highest BCUT2D eigenvalue weighted by Gasteiger charge is 2.34. The third-order valence-corrected chi connectivity index (χ3v) is 6.76. The van der Waals surface area contributed by atoms with Gasteiger partial charge in [0.05, 0.1) is 23.6 Å². The average molecular weight is 475 g/mol. The smallest absolute Gasteiger partial charge is 0.258 e. The average Bonchev–Trinajstić information content (AvgIpc) is 3.51. The lowest BCUT2D eigenvalue weighted by molar-refractivity contribution is 0.404. The summed E-state index contributed by atoms with van der Waals surface area (Å²) in [5, 5.41) is 10.3. The van der Waals surface area contributed by atoms with E-state index in [4.69, 9.17) is 26.5 Å². The molecular formula is C25H22N4O2S2. The zero-order chi connectivity index (χ0) is 22.9. The van der Waals surface area contributed by atoms with Crippen molar-refractivity contribution < 1.29 is 9.26 Å². The highest BCUT2D eigenvalue weighted by Crippen LogP contribution is 2.39. The Morgan fingerprint density at radius 3 is 2.61 bits per heavy atom. The van der Waals surface area contributed by atoms with Gasteiger partial charge in [-0.25, -0.2) is 0 Å². The maximum atomic E-state index is 5.82. The molecule has 2 aromatic heterocycles. The fourth-order valence-electron chi connectivity index (χ4n) is 3.98. The van der Waals surface area contributed by atoms with Gasteiger partial charge in [0.25, 0.3) is 5.89 Å². The molecule has 1 atom stereocenters. The Bertz CT molecular complexity index is 1330. The molecule has 0 aliphatic carbocycles. The van der Waals surface area contributed by atoms with Crippen LogP contribution in [0.4, 0.5) is 5.69 Å². The molecule has 0 spiro atoms. The van der Waals surface area contributed by atoms with Crippen LogP contribution < -0.4 is 15.0 Å². The number of hydrogen-bond donors (Lipinski definition) is 1. The van der Waals surface area contributed by atoms with Gasteiger partial charge < -0.3 is 14.6 Å². The Labute approximate surface area is 201 Å². The number of nitrogens with one attached hydrogen (secondary N) is 1. The minimum atomic E-state index is -0.249. The van der Waals surface area contributed by atoms with E-state index in [0.717, 1.165) is 38.7 Å². The van der Waals surface area contributed by atoms with Gasteiger partial charge >= 0.3 is 0 Å². The van der Waals surface area contributed by atoms with E-state index in [0.29, 0.717) is 16.8 Å². The van der Waals surface area contributed by atoms with Gasteiger partial charge in [-0.15, -0.1) is 11.3 Å². The first-order chi connectivity index (χ1) is 16.0. The fraction of sp³-hybridized carbons (Fsp3) is 0.160. The summed E-state index contributed by atoms with van der Waals surface area (Å²) in [6.45, 7) is 4.10. The van der Waals surface area contributed by atoms with Crippen LogP contribution in [0.5, 0.6) is 5.75 Å². The number of hydrogen-bond acceptors (Lipinski definition) is 6. The third kappa shape index (κ3) is 4.03. The lowest BCUT2D eigenvalue weighted by Gasteiger charge is -2.37. The molecule has 1 aliphatic rings. The Morgan fingerprint density at radius 1 is 1.09 bits per heavy atom. The normalized spacial score (nSPS) is 16.2. The summed E-state index contributed by atoms with van der Waals surface area (Å²) in [5.41, 5.74) is 4.97. The van der Waals surface area contributed by atoms with E-state index in [1.165, 1.54) is 0 Å². The van der Waals surface area contributed by atoms with Crippen LogP contribution in [0.25, 0.3) is 16.3 Å². The standard InChI is InChI=1S/C25H22N4O2S2/c1-15-6-4-7-18(14-15)29-16(2)21(24-27-23(28-31-24)20-8-5-13-33-20)22(26-25(29)32)17-9-11-19(30-3)12-10-17/h4-14,22H,1-3H3,(H,26,32). The van der Waals surface area contributed by atoms with Crippen LogP contribution in [0.15, 0.2) is 76.3 Å². The van der Waals surface area contributed by atoms with E-state index in [1.807, 2.05) is 65.7 Å². The van der Waals surface area contributed by atoms with Gasteiger partial charge in [-0.2, -0.15) is 4.98 Å². The lowest BCUT2D eigenvalue weighted by Crippen LogP contribution is -2.46. The van der Waals surface area contributed by atoms with Crippen molar-refractivity contribution in [1.29, 1.82) is 0 Å². The van der Waals surface area contributed by atoms with Crippen LogP contribution in [0, 0.1) is 6.92 Å². The van der Waals surface area contributed by atoms with Crippen LogP contribution in [0.2, 0.25) is 0 Å². The van der Waals surface area contributed by atoms with Gasteiger partial charge in [0, 0.05) is 11.4 Å². The molecule has 0 saturated carbocycles. The zero-order valence-corrected chi connectivity index (χ0v) is 20.0. The Balaban J connectivity index is 1.65. The summed E-state index contributed by atoms with van der Waals surface area (Å²) in [7, 11) is 1.66. The maximum Gasteiger partial charge on any atom is 0.258 e. The molecule has 1 aliphatic heterocycles. The second-order valence-corrected chi connectivity index (χ2v) is 9.06. The molecule has 0 fully saturated rings. The van der Waals surface area contributed by atoms with Crippen molar-refractivity contribution in [3.05, 3.63) is 88.8 Å². The molecule has 6 nitrogen and oxygen atoms in total. The quantitative estimate of drug-likeness (QED) is 0.357. The summed E-state index contributed by atoms with van der Waals surface area (Å²) in [6.07, 6.45) is 0. The predicted molar refractivity (Wildman–Crippen MR) is 135 cm³/mol. The number of aromatic nitrogens is 2. The van der Waals surface area contributed by atoms with Crippen molar-refractivity contribution in [2.45, 2.75) is 19.9 Å². The fourth-order valence-corrected chi connectivity index (χ4v) is 4.99. The number of thiophene rings is 1. The van der Waals surface area contributed by atoms with Crippen LogP contribution in [-0.2, 0) is 0 Å². The van der Waals surface area contributed by atoms with E-state index in [-0.39, 0.29) is 6.04 Å². The van der Waals surface area contributed by atoms with Crippen molar-refractivity contribution in [3.8, 4) is 16.5 Å². The summed E-state index contributed by atoms with van der Waals surface area (Å²) >= 11 is 7.39. The monoisotopic (exact) mass is 474 g/mol. The van der Waals surface area contributed by atoms with Gasteiger partial charge in [0.2, 0.25) is 5.82 Å². The number of allylic oxidation sites excluding steroid dienone is 1. The number of benzene rings is 2. The van der Waals surface area contributed by atoms with Gasteiger partial charge in [-0.05, 0) is 72.9 Å². The van der Waals surface area contributed by atoms with Crippen molar-refractivity contribution in [2.75, 3.05) is 12.0 Å². The largest absolute Gasteiger partial charge is 0.497 e. The zero-order valence-electron chi connectivity index (χ0n) is 18.4. The first kappa shape index (κ1) is 21.4. The van der Waals surface area contributed by atoms with Crippen LogP contribution in [0.1, 0.15) is 30.0 Å². The third-order valence-electron chi connectivity index (χ3n) is 5.59. The number of ether oxygens (including phenoxy) is 1. The minimum absolute atomic E-state index is 0.249. The minimum Gasteiger partial charge on any atom is -0.497 e. The number of aryl methyl sites for hydroxylation is 1. The Morgan fingerprint density at radius 2 is 1.91 bits per heavy atom. The summed E-state index contributed by atoms with van der Waals surface area (Å²) < 4.78 is 11.1. The molecule has 2 aromatic carbocycles. The molecule has 0 saturated heterocycles. The molecule has 4 aromatic rings. The predicted octanol–water partition coefficient (Wildman–Crippen LogP) is 5.98. The van der Waals surface area contributed by atoms with E-state index in [2.05, 4.69) is 29.5 Å². The van der Waals surface area contributed by atoms with Gasteiger partial charge in [0.1, 0.15) is 5.75 Å². The molecule has 0 bridgehead atoms. The molecule has 8 heteroatoms. The molecule has 0 radical (unpaired) electrons. The molecule has 5 rings (SSSR count). The highest BCUT2D eigenvalue weighted by atomic mass is 32.1. The number of anilines is 1. The topological polar surface area (TPSA) is 63.4 Å². The second kappa shape index (κ2) is 8.80. The summed E-state index contributed by atoms with van der Waals surface area (Å²) in [5.74, 6) is 1.83. The van der Waals surface area contributed by atoms with E-state index in [1.54, 1.807) is 18.4 Å². The number of thiocarbonyl (C=S) groups is 1. The second-order valence-electron chi connectivity index (χ2n) is 7.73. The SMILES string of the molecule is COc1ccc(C2NC(=S)N(c3cccc(C)c3)C(C)=C2c2nc(-c3cccs3)no2)cc1. The van der Waals surface area contributed by atoms with Crippen LogP contribution in [-0.4, -0.2) is 22.4 Å². The van der Waals surface area contributed by atoms with Gasteiger partial charge in [0.15, 0.2) is 5.11 Å². The van der Waals surface area contributed by atoms with Crippen molar-refractivity contribution in [3.63, 3.8) is 0 Å². The van der Waals surface area contributed by atoms with E-state index >= 15 is 0 Å². The number of methoxy groups -OCH3 is 1. The molecule has 33 heavy (non-hydrogen) atoms. The summed E-state index contributed by atoms with van der Waals surface area (Å²) in [6, 6.07) is 19.9. The van der Waals surface area contributed by atoms with Crippen molar-refractivity contribution in [1.82, 2.24) is 15.5 Å². The number of rotatable bonds is 5. The van der Waals surface area contributed by atoms with Crippen LogP contribution in [0.3, 0.4) is 0 Å². The molecule has 1 unspecified atom stereocenters. The number of nitrogens with zero attached hydrogens (tertiary/aromatic N) is 3. The first-order valence-corrected chi connectivity index (χ1v) is 11.7. The molecular weight excluding hydrogens is 452 g/mol. The Kier molecular flexibility index (Phi) is 5.70. The molecule has 3 heterocycles. The highest BCUT2D eigenvalue weighted by molar-refractivity contribution is 7.80. The van der Waals surface area contributed by atoms with Crippen molar-refractivity contribution >= 4 is 39.9 Å². The first-order valence-electron chi connectivity index (χ1n) is 10.4. The van der Waals surface area contributed by atoms with Crippen LogP contribution >= 0.6 is 23.6 Å². The van der Waals surface area contributed by atoms with Gasteiger partial charge in [-0.1, -0.05) is 35.5 Å². The molecule has 166 valence electrons. The molecule has 0 amide bonds. The van der Waals surface area contributed by atoms with E-state index < -0.39 is 0 Å². The Hall–Kier alpha value is -3.49. The maximum absolute atomic E-state index is 5.82. The summed E-state index contributed by atoms with van der Waals surface area (Å²) in [4.78, 5) is 7.73. The van der Waals surface area contributed by atoms with Gasteiger partial charge in [-0.3, -0.25) is 4.90 Å². The lowest BCUT2D eigenvalue weighted by atomic mass is 9.94. The molecule has 1 N–H and O–H groups in total. The van der Waals surface area contributed by atoms with E-state index in [9.17, 15) is 0 Å².